The fourth-order valence-electron chi connectivity index (χ4n) is 2.24. The lowest BCUT2D eigenvalue weighted by Crippen LogP contribution is -2.27. The number of carbonyl (C=O) groups is 1. The van der Waals surface area contributed by atoms with Gasteiger partial charge in [0, 0.05) is 19.6 Å². The van der Waals surface area contributed by atoms with Gasteiger partial charge in [-0.25, -0.2) is 8.42 Å². The van der Waals surface area contributed by atoms with Crippen LogP contribution in [0.2, 0.25) is 0 Å². The summed E-state index contributed by atoms with van der Waals surface area (Å²) < 4.78 is 26.2. The standard InChI is InChI=1S/C13H19N3O4S/c14-11-9-10(21(19,20)16-7-1-2-8-16)3-4-12(11)15-6-5-13(17)18/h3-4,9,15H,1-2,5-8,14H2,(H,17,18). The first-order valence-electron chi connectivity index (χ1n) is 6.76. The van der Waals surface area contributed by atoms with Gasteiger partial charge in [0.05, 0.1) is 22.7 Å². The van der Waals surface area contributed by atoms with Crippen molar-refractivity contribution in [3.63, 3.8) is 0 Å². The Kier molecular flexibility index (Phi) is 4.69. The molecule has 1 aromatic rings. The Hall–Kier alpha value is -1.80. The maximum absolute atomic E-state index is 12.4. The number of rotatable bonds is 6. The monoisotopic (exact) mass is 313 g/mol. The van der Waals surface area contributed by atoms with Crippen molar-refractivity contribution in [2.45, 2.75) is 24.2 Å². The summed E-state index contributed by atoms with van der Waals surface area (Å²) in [5.74, 6) is -0.908. The molecule has 1 aliphatic heterocycles. The fourth-order valence-corrected chi connectivity index (χ4v) is 3.80. The third kappa shape index (κ3) is 3.64. The van der Waals surface area contributed by atoms with E-state index >= 15 is 0 Å². The minimum Gasteiger partial charge on any atom is -0.481 e. The summed E-state index contributed by atoms with van der Waals surface area (Å²) in [6, 6.07) is 4.48. The van der Waals surface area contributed by atoms with Crippen molar-refractivity contribution in [1.82, 2.24) is 4.31 Å². The number of hydrogen-bond acceptors (Lipinski definition) is 5. The van der Waals surface area contributed by atoms with Crippen LogP contribution in [0.3, 0.4) is 0 Å². The largest absolute Gasteiger partial charge is 0.481 e. The molecule has 0 aliphatic carbocycles. The van der Waals surface area contributed by atoms with E-state index in [1.165, 1.54) is 16.4 Å². The number of carboxylic acid groups (broad SMARTS) is 1. The summed E-state index contributed by atoms with van der Waals surface area (Å²) in [5, 5.41) is 11.5. The highest BCUT2D eigenvalue weighted by atomic mass is 32.2. The molecule has 0 unspecified atom stereocenters. The molecule has 1 fully saturated rings. The summed E-state index contributed by atoms with van der Waals surface area (Å²) in [4.78, 5) is 10.6. The molecule has 0 spiro atoms. The fraction of sp³-hybridized carbons (Fsp3) is 0.462. The molecule has 1 heterocycles. The van der Waals surface area contributed by atoms with Crippen molar-refractivity contribution < 1.29 is 18.3 Å². The molecule has 0 aromatic heterocycles. The number of nitrogens with zero attached hydrogens (tertiary/aromatic N) is 1. The molecule has 0 saturated carbocycles. The predicted molar refractivity (Wildman–Crippen MR) is 79.6 cm³/mol. The van der Waals surface area contributed by atoms with E-state index in [0.717, 1.165) is 12.8 Å². The number of anilines is 2. The van der Waals surface area contributed by atoms with Gasteiger partial charge in [-0.3, -0.25) is 4.79 Å². The highest BCUT2D eigenvalue weighted by molar-refractivity contribution is 7.89. The third-order valence-corrected chi connectivity index (χ3v) is 5.27. The Bertz CT molecular complexity index is 624. The van der Waals surface area contributed by atoms with Crippen molar-refractivity contribution >= 4 is 27.4 Å². The second kappa shape index (κ2) is 6.31. The second-order valence-electron chi connectivity index (χ2n) is 4.93. The average molecular weight is 313 g/mol. The van der Waals surface area contributed by atoms with Gasteiger partial charge in [0.2, 0.25) is 10.0 Å². The normalized spacial score (nSPS) is 16.0. The van der Waals surface area contributed by atoms with Gasteiger partial charge >= 0.3 is 5.97 Å². The SMILES string of the molecule is Nc1cc(S(=O)(=O)N2CCCC2)ccc1NCCC(=O)O. The molecular weight excluding hydrogens is 294 g/mol. The van der Waals surface area contributed by atoms with Gasteiger partial charge in [0.1, 0.15) is 0 Å². The van der Waals surface area contributed by atoms with Crippen LogP contribution in [0.1, 0.15) is 19.3 Å². The summed E-state index contributed by atoms with van der Waals surface area (Å²) in [5.41, 5.74) is 6.67. The topological polar surface area (TPSA) is 113 Å². The van der Waals surface area contributed by atoms with Gasteiger partial charge < -0.3 is 16.2 Å². The third-order valence-electron chi connectivity index (χ3n) is 3.38. The van der Waals surface area contributed by atoms with Gasteiger partial charge in [-0.05, 0) is 31.0 Å². The molecule has 0 radical (unpaired) electrons. The number of nitrogen functional groups attached to an aromatic ring is 1. The molecule has 0 amide bonds. The van der Waals surface area contributed by atoms with Crippen molar-refractivity contribution in [2.75, 3.05) is 30.7 Å². The highest BCUT2D eigenvalue weighted by Crippen LogP contribution is 2.26. The van der Waals surface area contributed by atoms with E-state index in [2.05, 4.69) is 5.32 Å². The Morgan fingerprint density at radius 1 is 1.33 bits per heavy atom. The van der Waals surface area contributed by atoms with Gasteiger partial charge in [-0.1, -0.05) is 0 Å². The first-order chi connectivity index (χ1) is 9.91. The predicted octanol–water partition coefficient (Wildman–Crippen LogP) is 0.940. The van der Waals surface area contributed by atoms with E-state index in [0.29, 0.717) is 24.5 Å². The molecular formula is C13H19N3O4S. The molecule has 1 aromatic carbocycles. The number of hydrogen-bond donors (Lipinski definition) is 3. The van der Waals surface area contributed by atoms with Crippen molar-refractivity contribution in [1.29, 1.82) is 0 Å². The lowest BCUT2D eigenvalue weighted by Gasteiger charge is -2.17. The van der Waals surface area contributed by atoms with Crippen LogP contribution in [0.5, 0.6) is 0 Å². The van der Waals surface area contributed by atoms with Crippen LogP contribution in [-0.4, -0.2) is 43.4 Å². The highest BCUT2D eigenvalue weighted by Gasteiger charge is 2.27. The first kappa shape index (κ1) is 15.6. The Morgan fingerprint density at radius 3 is 2.57 bits per heavy atom. The van der Waals surface area contributed by atoms with Crippen LogP contribution < -0.4 is 11.1 Å². The van der Waals surface area contributed by atoms with Gasteiger partial charge in [-0.2, -0.15) is 4.31 Å². The van der Waals surface area contributed by atoms with Gasteiger partial charge in [0.15, 0.2) is 0 Å². The Morgan fingerprint density at radius 2 is 2.00 bits per heavy atom. The molecule has 116 valence electrons. The van der Waals surface area contributed by atoms with Gasteiger partial charge in [-0.15, -0.1) is 0 Å². The van der Waals surface area contributed by atoms with Crippen molar-refractivity contribution in [3.8, 4) is 0 Å². The maximum Gasteiger partial charge on any atom is 0.305 e. The Labute approximate surface area is 123 Å². The Balaban J connectivity index is 2.13. The molecule has 0 atom stereocenters. The van der Waals surface area contributed by atoms with E-state index in [-0.39, 0.29) is 17.9 Å². The minimum atomic E-state index is -3.48. The molecule has 0 bridgehead atoms. The average Bonchev–Trinajstić information content (AvgIpc) is 2.94. The number of nitrogens with one attached hydrogen (secondary N) is 1. The number of carboxylic acids is 1. The molecule has 21 heavy (non-hydrogen) atoms. The molecule has 8 heteroatoms. The van der Waals surface area contributed by atoms with Crippen LogP contribution in [-0.2, 0) is 14.8 Å². The van der Waals surface area contributed by atoms with Crippen LogP contribution in [0.15, 0.2) is 23.1 Å². The van der Waals surface area contributed by atoms with Crippen LogP contribution in [0.4, 0.5) is 11.4 Å². The van der Waals surface area contributed by atoms with Crippen molar-refractivity contribution in [2.24, 2.45) is 0 Å². The minimum absolute atomic E-state index is 0.0345. The number of aliphatic carboxylic acids is 1. The summed E-state index contributed by atoms with van der Waals surface area (Å²) >= 11 is 0. The molecule has 2 rings (SSSR count). The van der Waals surface area contributed by atoms with Crippen LogP contribution in [0, 0.1) is 0 Å². The van der Waals surface area contributed by atoms with Gasteiger partial charge in [0.25, 0.3) is 0 Å². The van der Waals surface area contributed by atoms with E-state index in [4.69, 9.17) is 10.8 Å². The van der Waals surface area contributed by atoms with E-state index in [1.54, 1.807) is 6.07 Å². The number of benzene rings is 1. The number of nitrogens with two attached hydrogens (primary N) is 1. The first-order valence-corrected chi connectivity index (χ1v) is 8.20. The number of sulfonamides is 1. The maximum atomic E-state index is 12.4. The zero-order chi connectivity index (χ0) is 15.5. The molecule has 4 N–H and O–H groups in total. The molecule has 1 saturated heterocycles. The lowest BCUT2D eigenvalue weighted by molar-refractivity contribution is -0.136. The zero-order valence-corrected chi connectivity index (χ0v) is 12.4. The van der Waals surface area contributed by atoms with Crippen molar-refractivity contribution in [3.05, 3.63) is 18.2 Å². The van der Waals surface area contributed by atoms with E-state index < -0.39 is 16.0 Å². The van der Waals surface area contributed by atoms with E-state index in [1.807, 2.05) is 0 Å². The smallest absolute Gasteiger partial charge is 0.305 e. The lowest BCUT2D eigenvalue weighted by atomic mass is 10.2. The van der Waals surface area contributed by atoms with Crippen LogP contribution in [0.25, 0.3) is 0 Å². The van der Waals surface area contributed by atoms with E-state index in [9.17, 15) is 13.2 Å². The summed E-state index contributed by atoms with van der Waals surface area (Å²) in [6.07, 6.45) is 1.72. The second-order valence-corrected chi connectivity index (χ2v) is 6.87. The quantitative estimate of drug-likeness (QED) is 0.674. The summed E-state index contributed by atoms with van der Waals surface area (Å²) in [7, 11) is -3.48. The van der Waals surface area contributed by atoms with Crippen LogP contribution >= 0.6 is 0 Å². The summed E-state index contributed by atoms with van der Waals surface area (Å²) in [6.45, 7) is 1.32. The molecule has 1 aliphatic rings. The molecule has 7 nitrogen and oxygen atoms in total. The zero-order valence-electron chi connectivity index (χ0n) is 11.6.